The summed E-state index contributed by atoms with van der Waals surface area (Å²) in [5.41, 5.74) is 6.94. The molecular formula is C16H29Cl2N5O. The first kappa shape index (κ1) is 21.1. The molecule has 138 valence electrons. The quantitative estimate of drug-likeness (QED) is 0.837. The zero-order valence-corrected chi connectivity index (χ0v) is 15.8. The number of aromatic nitrogens is 2. The van der Waals surface area contributed by atoms with Crippen LogP contribution in [0.4, 0.5) is 5.69 Å². The molecule has 0 bridgehead atoms. The maximum absolute atomic E-state index is 12.5. The number of nitrogens with zero attached hydrogens (tertiary/aromatic N) is 3. The molecule has 1 unspecified atom stereocenters. The van der Waals surface area contributed by atoms with E-state index in [1.54, 1.807) is 0 Å². The number of aryl methyl sites for hydroxylation is 1. The Hall–Kier alpha value is -0.980. The highest BCUT2D eigenvalue weighted by Crippen LogP contribution is 2.31. The van der Waals surface area contributed by atoms with Gasteiger partial charge in [0, 0.05) is 38.3 Å². The SMILES string of the molecule is Cl.Cl.Cn1cc(N2CCCC(NC(=O)[C@@H]3CCC[C@@H]3CN)C2)cn1. The summed E-state index contributed by atoms with van der Waals surface area (Å²) in [5.74, 6) is 0.711. The zero-order valence-electron chi connectivity index (χ0n) is 14.2. The van der Waals surface area contributed by atoms with Crippen LogP contribution >= 0.6 is 24.8 Å². The lowest BCUT2D eigenvalue weighted by molar-refractivity contribution is -0.126. The number of halogens is 2. The number of nitrogens with two attached hydrogens (primary N) is 1. The lowest BCUT2D eigenvalue weighted by atomic mass is 9.94. The van der Waals surface area contributed by atoms with Crippen molar-refractivity contribution in [2.45, 2.75) is 38.1 Å². The summed E-state index contributed by atoms with van der Waals surface area (Å²) < 4.78 is 1.82. The van der Waals surface area contributed by atoms with Crippen molar-refractivity contribution in [2.75, 3.05) is 24.5 Å². The maximum Gasteiger partial charge on any atom is 0.223 e. The summed E-state index contributed by atoms with van der Waals surface area (Å²) in [7, 11) is 1.93. The first-order chi connectivity index (χ1) is 10.7. The van der Waals surface area contributed by atoms with Crippen LogP contribution in [-0.4, -0.2) is 41.4 Å². The predicted octanol–water partition coefficient (Wildman–Crippen LogP) is 1.72. The number of hydrogen-bond donors (Lipinski definition) is 2. The van der Waals surface area contributed by atoms with E-state index in [9.17, 15) is 4.79 Å². The fourth-order valence-electron chi connectivity index (χ4n) is 3.87. The van der Waals surface area contributed by atoms with Crippen LogP contribution in [-0.2, 0) is 11.8 Å². The van der Waals surface area contributed by atoms with Crippen molar-refractivity contribution < 1.29 is 4.79 Å². The van der Waals surface area contributed by atoms with Crippen molar-refractivity contribution in [3.05, 3.63) is 12.4 Å². The molecular weight excluding hydrogens is 349 g/mol. The molecule has 2 fully saturated rings. The maximum atomic E-state index is 12.5. The van der Waals surface area contributed by atoms with Crippen molar-refractivity contribution in [3.63, 3.8) is 0 Å². The van der Waals surface area contributed by atoms with E-state index in [4.69, 9.17) is 5.73 Å². The van der Waals surface area contributed by atoms with Crippen molar-refractivity contribution >= 4 is 36.4 Å². The molecule has 8 heteroatoms. The molecule has 1 saturated carbocycles. The molecule has 1 amide bonds. The number of piperidine rings is 1. The molecule has 3 rings (SSSR count). The second-order valence-electron chi connectivity index (χ2n) is 6.70. The van der Waals surface area contributed by atoms with Gasteiger partial charge in [0.05, 0.1) is 11.9 Å². The van der Waals surface area contributed by atoms with Gasteiger partial charge in [0.15, 0.2) is 0 Å². The third-order valence-corrected chi connectivity index (χ3v) is 5.12. The first-order valence-corrected chi connectivity index (χ1v) is 8.41. The van der Waals surface area contributed by atoms with Crippen LogP contribution in [0.2, 0.25) is 0 Å². The Balaban J connectivity index is 0.00000144. The zero-order chi connectivity index (χ0) is 15.5. The number of hydrogen-bond acceptors (Lipinski definition) is 4. The molecule has 1 aliphatic carbocycles. The number of carbonyl (C=O) groups is 1. The molecule has 6 nitrogen and oxygen atoms in total. The molecule has 0 radical (unpaired) electrons. The molecule has 24 heavy (non-hydrogen) atoms. The molecule has 3 N–H and O–H groups in total. The average Bonchev–Trinajstić information content (AvgIpc) is 3.16. The van der Waals surface area contributed by atoms with Crippen LogP contribution in [0.5, 0.6) is 0 Å². The van der Waals surface area contributed by atoms with Crippen molar-refractivity contribution in [1.29, 1.82) is 0 Å². The topological polar surface area (TPSA) is 76.2 Å². The third-order valence-electron chi connectivity index (χ3n) is 5.12. The predicted molar refractivity (Wildman–Crippen MR) is 101 cm³/mol. The van der Waals surface area contributed by atoms with Gasteiger partial charge in [-0.1, -0.05) is 6.42 Å². The second-order valence-corrected chi connectivity index (χ2v) is 6.70. The Morgan fingerprint density at radius 2 is 2.12 bits per heavy atom. The summed E-state index contributed by atoms with van der Waals surface area (Å²) in [6.07, 6.45) is 9.31. The highest BCUT2D eigenvalue weighted by atomic mass is 35.5. The van der Waals surface area contributed by atoms with Gasteiger partial charge in [0.25, 0.3) is 0 Å². The summed E-state index contributed by atoms with van der Waals surface area (Å²) in [5, 5.41) is 7.50. The Bertz CT molecular complexity index is 524. The Morgan fingerprint density at radius 1 is 1.33 bits per heavy atom. The van der Waals surface area contributed by atoms with Gasteiger partial charge in [0.2, 0.25) is 5.91 Å². The molecule has 3 atom stereocenters. The van der Waals surface area contributed by atoms with E-state index >= 15 is 0 Å². The smallest absolute Gasteiger partial charge is 0.223 e. The molecule has 0 aromatic carbocycles. The van der Waals surface area contributed by atoms with E-state index in [0.717, 1.165) is 50.9 Å². The lowest BCUT2D eigenvalue weighted by Crippen LogP contribution is -2.50. The van der Waals surface area contributed by atoms with Crippen molar-refractivity contribution in [3.8, 4) is 0 Å². The normalized spacial score (nSPS) is 26.4. The number of rotatable bonds is 4. The summed E-state index contributed by atoms with van der Waals surface area (Å²) in [4.78, 5) is 14.8. The van der Waals surface area contributed by atoms with E-state index in [0.29, 0.717) is 12.5 Å². The number of nitrogens with one attached hydrogen (secondary N) is 1. The monoisotopic (exact) mass is 377 g/mol. The molecule has 1 aliphatic heterocycles. The molecule has 1 aromatic heterocycles. The van der Waals surface area contributed by atoms with E-state index in [1.807, 2.05) is 24.1 Å². The van der Waals surface area contributed by atoms with Crippen molar-refractivity contribution in [1.82, 2.24) is 15.1 Å². The van der Waals surface area contributed by atoms with Crippen LogP contribution in [0.3, 0.4) is 0 Å². The minimum Gasteiger partial charge on any atom is -0.367 e. The van der Waals surface area contributed by atoms with Gasteiger partial charge in [-0.25, -0.2) is 0 Å². The number of amides is 1. The standard InChI is InChI=1S/C16H27N5O.2ClH/c1-20-11-14(9-18-20)21-7-3-5-13(10-21)19-16(22)15-6-2-4-12(15)8-17;;/h9,11-13,15H,2-8,10,17H2,1H3,(H,19,22);2*1H/t12-,13?,15-;;/m1../s1. The van der Waals surface area contributed by atoms with E-state index < -0.39 is 0 Å². The van der Waals surface area contributed by atoms with Gasteiger partial charge >= 0.3 is 0 Å². The highest BCUT2D eigenvalue weighted by molar-refractivity contribution is 5.85. The first-order valence-electron chi connectivity index (χ1n) is 8.41. The average molecular weight is 378 g/mol. The van der Waals surface area contributed by atoms with Crippen LogP contribution < -0.4 is 16.0 Å². The lowest BCUT2D eigenvalue weighted by Gasteiger charge is -2.34. The largest absolute Gasteiger partial charge is 0.367 e. The Kier molecular flexibility index (Phi) is 8.33. The highest BCUT2D eigenvalue weighted by Gasteiger charge is 2.33. The van der Waals surface area contributed by atoms with Gasteiger partial charge in [-0.15, -0.1) is 24.8 Å². The van der Waals surface area contributed by atoms with Crippen LogP contribution in [0.1, 0.15) is 32.1 Å². The van der Waals surface area contributed by atoms with E-state index in [-0.39, 0.29) is 42.7 Å². The van der Waals surface area contributed by atoms with E-state index in [1.165, 1.54) is 0 Å². The minimum absolute atomic E-state index is 0. The van der Waals surface area contributed by atoms with Gasteiger partial charge in [0.1, 0.15) is 0 Å². The molecule has 2 aliphatic rings. The van der Waals surface area contributed by atoms with Gasteiger partial charge < -0.3 is 16.0 Å². The number of carbonyl (C=O) groups excluding carboxylic acids is 1. The number of anilines is 1. The van der Waals surface area contributed by atoms with Gasteiger partial charge in [-0.2, -0.15) is 5.10 Å². The Labute approximate surface area is 156 Å². The fraction of sp³-hybridized carbons (Fsp3) is 0.750. The summed E-state index contributed by atoms with van der Waals surface area (Å²) in [6, 6.07) is 0.237. The molecule has 1 saturated heterocycles. The van der Waals surface area contributed by atoms with Crippen molar-refractivity contribution in [2.24, 2.45) is 24.6 Å². The third kappa shape index (κ3) is 4.77. The minimum atomic E-state index is 0. The van der Waals surface area contributed by atoms with Crippen LogP contribution in [0.15, 0.2) is 12.4 Å². The van der Waals surface area contributed by atoms with Crippen LogP contribution in [0.25, 0.3) is 0 Å². The molecule has 0 spiro atoms. The molecule has 2 heterocycles. The molecule has 1 aromatic rings. The summed E-state index contributed by atoms with van der Waals surface area (Å²) >= 11 is 0. The van der Waals surface area contributed by atoms with Gasteiger partial charge in [-0.05, 0) is 38.1 Å². The van der Waals surface area contributed by atoms with Gasteiger partial charge in [-0.3, -0.25) is 9.48 Å². The summed E-state index contributed by atoms with van der Waals surface area (Å²) in [6.45, 7) is 2.54. The van der Waals surface area contributed by atoms with E-state index in [2.05, 4.69) is 15.3 Å². The Morgan fingerprint density at radius 3 is 2.79 bits per heavy atom. The fourth-order valence-corrected chi connectivity index (χ4v) is 3.87. The van der Waals surface area contributed by atoms with Crippen LogP contribution in [0, 0.1) is 11.8 Å². The second kappa shape index (κ2) is 9.49.